The van der Waals surface area contributed by atoms with Gasteiger partial charge in [0, 0.05) is 29.3 Å². The third kappa shape index (κ3) is 3.16. The number of nitrogens with zero attached hydrogens (tertiary/aromatic N) is 1. The van der Waals surface area contributed by atoms with Crippen molar-refractivity contribution in [2.45, 2.75) is 25.8 Å². The zero-order valence-corrected chi connectivity index (χ0v) is 12.0. The van der Waals surface area contributed by atoms with Gasteiger partial charge in [-0.15, -0.1) is 0 Å². The number of anilines is 1. The van der Waals surface area contributed by atoms with Crippen LogP contribution in [0.1, 0.15) is 18.4 Å². The number of primary amides is 1. The Kier molecular flexibility index (Phi) is 4.11. The smallest absolute Gasteiger partial charge is 0.314 e. The van der Waals surface area contributed by atoms with Gasteiger partial charge in [-0.05, 0) is 53.4 Å². The van der Waals surface area contributed by atoms with Crippen LogP contribution in [0.5, 0.6) is 0 Å². The lowest BCUT2D eigenvalue weighted by Gasteiger charge is -2.32. The van der Waals surface area contributed by atoms with Crippen LogP contribution < -0.4 is 11.1 Å². The van der Waals surface area contributed by atoms with Crippen molar-refractivity contribution in [3.8, 4) is 0 Å². The highest BCUT2D eigenvalue weighted by molar-refractivity contribution is 9.10. The predicted molar refractivity (Wildman–Crippen MR) is 76.7 cm³/mol. The molecule has 1 aromatic rings. The van der Waals surface area contributed by atoms with Gasteiger partial charge in [0.05, 0.1) is 0 Å². The lowest BCUT2D eigenvalue weighted by Crippen LogP contribution is -2.44. The van der Waals surface area contributed by atoms with Crippen LogP contribution in [-0.4, -0.2) is 30.1 Å². The highest BCUT2D eigenvalue weighted by atomic mass is 79.9. The Bertz CT molecular complexity index is 442. The van der Waals surface area contributed by atoms with E-state index in [9.17, 15) is 4.79 Å². The van der Waals surface area contributed by atoms with Crippen molar-refractivity contribution in [2.75, 3.05) is 18.4 Å². The highest BCUT2D eigenvalue weighted by Crippen LogP contribution is 2.25. The van der Waals surface area contributed by atoms with Crippen molar-refractivity contribution in [3.63, 3.8) is 0 Å². The number of halogens is 1. The Labute approximate surface area is 116 Å². The van der Waals surface area contributed by atoms with Gasteiger partial charge in [-0.3, -0.25) is 0 Å². The first-order valence-electron chi connectivity index (χ1n) is 6.13. The summed E-state index contributed by atoms with van der Waals surface area (Å²) in [7, 11) is 0. The molecule has 2 amide bonds. The Hall–Kier alpha value is -1.23. The summed E-state index contributed by atoms with van der Waals surface area (Å²) in [6, 6.07) is 6.36. The largest absolute Gasteiger partial charge is 0.381 e. The molecule has 3 N–H and O–H groups in total. The van der Waals surface area contributed by atoms with E-state index in [1.54, 1.807) is 4.90 Å². The van der Waals surface area contributed by atoms with E-state index in [1.165, 1.54) is 5.56 Å². The van der Waals surface area contributed by atoms with Gasteiger partial charge in [-0.25, -0.2) is 4.79 Å². The molecular formula is C13H18BrN3O. The van der Waals surface area contributed by atoms with Crippen molar-refractivity contribution in [1.82, 2.24) is 4.90 Å². The monoisotopic (exact) mass is 311 g/mol. The predicted octanol–water partition coefficient (Wildman–Crippen LogP) is 2.71. The second kappa shape index (κ2) is 5.61. The molecule has 18 heavy (non-hydrogen) atoms. The van der Waals surface area contributed by atoms with Crippen LogP contribution in [0.15, 0.2) is 22.7 Å². The SMILES string of the molecule is Cc1ccc(NC2CCN(C(N)=O)CC2)c(Br)c1. The molecule has 0 saturated carbocycles. The molecule has 0 radical (unpaired) electrons. The summed E-state index contributed by atoms with van der Waals surface area (Å²) < 4.78 is 1.08. The molecule has 0 bridgehead atoms. The fourth-order valence-corrected chi connectivity index (χ4v) is 2.81. The van der Waals surface area contributed by atoms with Gasteiger partial charge in [0.2, 0.25) is 0 Å². The molecule has 0 unspecified atom stereocenters. The van der Waals surface area contributed by atoms with Crippen LogP contribution in [0.4, 0.5) is 10.5 Å². The van der Waals surface area contributed by atoms with E-state index in [2.05, 4.69) is 46.4 Å². The average Bonchev–Trinajstić information content (AvgIpc) is 2.33. The molecule has 0 spiro atoms. The minimum absolute atomic E-state index is 0.315. The molecule has 1 fully saturated rings. The molecule has 1 aliphatic rings. The normalized spacial score (nSPS) is 16.7. The topological polar surface area (TPSA) is 58.4 Å². The van der Waals surface area contributed by atoms with Crippen LogP contribution >= 0.6 is 15.9 Å². The number of amides is 2. The van der Waals surface area contributed by atoms with Crippen LogP contribution in [0.25, 0.3) is 0 Å². The average molecular weight is 312 g/mol. The van der Waals surface area contributed by atoms with Crippen LogP contribution in [-0.2, 0) is 0 Å². The Balaban J connectivity index is 1.93. The molecular weight excluding hydrogens is 294 g/mol. The van der Waals surface area contributed by atoms with Crippen molar-refractivity contribution >= 4 is 27.6 Å². The van der Waals surface area contributed by atoms with Crippen LogP contribution in [0.2, 0.25) is 0 Å². The third-order valence-electron chi connectivity index (χ3n) is 3.29. The van der Waals surface area contributed by atoms with Crippen molar-refractivity contribution in [2.24, 2.45) is 5.73 Å². The molecule has 1 aromatic carbocycles. The molecule has 2 rings (SSSR count). The van der Waals surface area contributed by atoms with E-state index in [4.69, 9.17) is 5.73 Å². The standard InChI is InChI=1S/C13H18BrN3O/c1-9-2-3-12(11(14)8-9)16-10-4-6-17(7-5-10)13(15)18/h2-3,8,10,16H,4-7H2,1H3,(H2,15,18). The maximum atomic E-state index is 11.0. The number of carbonyl (C=O) groups is 1. The molecule has 98 valence electrons. The van der Waals surface area contributed by atoms with Gasteiger partial charge in [-0.2, -0.15) is 0 Å². The van der Waals surface area contributed by atoms with Gasteiger partial charge in [-0.1, -0.05) is 6.07 Å². The number of hydrogen-bond donors (Lipinski definition) is 2. The second-order valence-corrected chi connectivity index (χ2v) is 5.58. The molecule has 5 heteroatoms. The van der Waals surface area contributed by atoms with E-state index in [0.29, 0.717) is 6.04 Å². The number of aryl methyl sites for hydroxylation is 1. The van der Waals surface area contributed by atoms with Gasteiger partial charge >= 0.3 is 6.03 Å². The Morgan fingerprint density at radius 2 is 2.11 bits per heavy atom. The Morgan fingerprint density at radius 1 is 1.44 bits per heavy atom. The van der Waals surface area contributed by atoms with E-state index in [-0.39, 0.29) is 6.03 Å². The number of nitrogens with two attached hydrogens (primary N) is 1. The first-order valence-corrected chi connectivity index (χ1v) is 6.92. The summed E-state index contributed by atoms with van der Waals surface area (Å²) in [4.78, 5) is 12.7. The van der Waals surface area contributed by atoms with E-state index in [0.717, 1.165) is 36.1 Å². The molecule has 1 saturated heterocycles. The molecule has 0 aliphatic carbocycles. The minimum Gasteiger partial charge on any atom is -0.381 e. The van der Waals surface area contributed by atoms with Crippen LogP contribution in [0.3, 0.4) is 0 Å². The fraction of sp³-hybridized carbons (Fsp3) is 0.462. The number of piperidine rings is 1. The first kappa shape index (κ1) is 13.2. The summed E-state index contributed by atoms with van der Waals surface area (Å²) in [5.74, 6) is 0. The number of hydrogen-bond acceptors (Lipinski definition) is 2. The number of nitrogens with one attached hydrogen (secondary N) is 1. The van der Waals surface area contributed by atoms with Gasteiger partial charge < -0.3 is 16.0 Å². The summed E-state index contributed by atoms with van der Waals surface area (Å²) >= 11 is 3.56. The lowest BCUT2D eigenvalue weighted by atomic mass is 10.0. The quantitative estimate of drug-likeness (QED) is 0.882. The van der Waals surface area contributed by atoms with E-state index >= 15 is 0 Å². The summed E-state index contributed by atoms with van der Waals surface area (Å²) in [5.41, 5.74) is 7.61. The highest BCUT2D eigenvalue weighted by Gasteiger charge is 2.21. The van der Waals surface area contributed by atoms with Crippen LogP contribution in [0, 0.1) is 6.92 Å². The summed E-state index contributed by atoms with van der Waals surface area (Å²) in [6.45, 7) is 3.53. The van der Waals surface area contributed by atoms with E-state index < -0.39 is 0 Å². The number of benzene rings is 1. The maximum absolute atomic E-state index is 11.0. The van der Waals surface area contributed by atoms with Crippen molar-refractivity contribution < 1.29 is 4.79 Å². The number of carbonyl (C=O) groups excluding carboxylic acids is 1. The zero-order chi connectivity index (χ0) is 13.1. The van der Waals surface area contributed by atoms with E-state index in [1.807, 2.05) is 0 Å². The van der Waals surface area contributed by atoms with Crippen molar-refractivity contribution in [3.05, 3.63) is 28.2 Å². The summed E-state index contributed by atoms with van der Waals surface area (Å²) in [6.07, 6.45) is 1.87. The van der Waals surface area contributed by atoms with Gasteiger partial charge in [0.1, 0.15) is 0 Å². The Morgan fingerprint density at radius 3 is 2.67 bits per heavy atom. The first-order chi connectivity index (χ1) is 8.56. The number of urea groups is 1. The second-order valence-electron chi connectivity index (χ2n) is 4.73. The summed E-state index contributed by atoms with van der Waals surface area (Å²) in [5, 5.41) is 3.51. The molecule has 4 nitrogen and oxygen atoms in total. The molecule has 1 aliphatic heterocycles. The maximum Gasteiger partial charge on any atom is 0.314 e. The van der Waals surface area contributed by atoms with Gasteiger partial charge in [0.15, 0.2) is 0 Å². The lowest BCUT2D eigenvalue weighted by molar-refractivity contribution is 0.193. The number of likely N-dealkylation sites (tertiary alicyclic amines) is 1. The van der Waals surface area contributed by atoms with Gasteiger partial charge in [0.25, 0.3) is 0 Å². The molecule has 0 atom stereocenters. The molecule has 1 heterocycles. The minimum atomic E-state index is -0.315. The molecule has 0 aromatic heterocycles. The number of rotatable bonds is 2. The van der Waals surface area contributed by atoms with Crippen molar-refractivity contribution in [1.29, 1.82) is 0 Å². The fourth-order valence-electron chi connectivity index (χ4n) is 2.20. The third-order valence-corrected chi connectivity index (χ3v) is 3.95. The zero-order valence-electron chi connectivity index (χ0n) is 10.4.